The molecule has 1 heterocycles. The van der Waals surface area contributed by atoms with Gasteiger partial charge in [-0.2, -0.15) is 5.10 Å². The number of amides is 1. The first-order valence-corrected chi connectivity index (χ1v) is 10.6. The molecule has 2 aromatic carbocycles. The Morgan fingerprint density at radius 3 is 2.75 bits per heavy atom. The molecule has 0 fully saturated rings. The van der Waals surface area contributed by atoms with Crippen molar-refractivity contribution in [1.29, 1.82) is 0 Å². The molecule has 1 aromatic heterocycles. The first-order chi connectivity index (χ1) is 15.4. The quantitative estimate of drug-likeness (QED) is 0.307. The number of carbonyl (C=O) groups excluding carboxylic acids is 2. The molecule has 166 valence electrons. The molecule has 1 amide bonds. The molecule has 10 heteroatoms. The van der Waals surface area contributed by atoms with E-state index < -0.39 is 11.9 Å². The van der Waals surface area contributed by atoms with Gasteiger partial charge in [0.1, 0.15) is 10.9 Å². The minimum atomic E-state index is -0.467. The lowest BCUT2D eigenvalue weighted by molar-refractivity contribution is -0.123. The Morgan fingerprint density at radius 1 is 1.22 bits per heavy atom. The van der Waals surface area contributed by atoms with Crippen LogP contribution in [0, 0.1) is 6.92 Å². The largest absolute Gasteiger partial charge is 0.483 e. The standard InChI is InChI=1S/C22H20ClN3O5S/c1-14-6-3-4-9-17(14)31-13-19(27)25-24-11-18-20(23)26(22(29)32-18)12-15-7-5-8-16(10-15)21(28)30-2/h3-11H,12-13H2,1-2H3,(H,25,27)/b24-11-. The van der Waals surface area contributed by atoms with Crippen LogP contribution in [-0.2, 0) is 16.1 Å². The van der Waals surface area contributed by atoms with E-state index in [4.69, 9.17) is 21.1 Å². The van der Waals surface area contributed by atoms with Gasteiger partial charge >= 0.3 is 10.8 Å². The summed E-state index contributed by atoms with van der Waals surface area (Å²) < 4.78 is 11.5. The Kier molecular flexibility index (Phi) is 7.80. The second-order valence-corrected chi connectivity index (χ2v) is 8.00. The Morgan fingerprint density at radius 2 is 2.00 bits per heavy atom. The number of hydrogen-bond donors (Lipinski definition) is 1. The fourth-order valence-corrected chi connectivity index (χ4v) is 3.88. The van der Waals surface area contributed by atoms with E-state index in [1.165, 1.54) is 17.9 Å². The Bertz CT molecular complexity index is 1220. The number of thiazole rings is 1. The zero-order valence-electron chi connectivity index (χ0n) is 17.3. The normalized spacial score (nSPS) is 10.8. The molecule has 3 aromatic rings. The van der Waals surface area contributed by atoms with Crippen LogP contribution < -0.4 is 15.0 Å². The Hall–Kier alpha value is -3.43. The number of halogens is 1. The second-order valence-electron chi connectivity index (χ2n) is 6.65. The number of hydrazone groups is 1. The van der Waals surface area contributed by atoms with E-state index in [9.17, 15) is 14.4 Å². The van der Waals surface area contributed by atoms with Gasteiger partial charge in [-0.1, -0.05) is 53.3 Å². The van der Waals surface area contributed by atoms with E-state index in [1.54, 1.807) is 30.3 Å². The zero-order valence-corrected chi connectivity index (χ0v) is 18.9. The van der Waals surface area contributed by atoms with Crippen molar-refractivity contribution < 1.29 is 19.1 Å². The molecule has 0 aliphatic heterocycles. The van der Waals surface area contributed by atoms with E-state index in [2.05, 4.69) is 10.5 Å². The fraction of sp³-hybridized carbons (Fsp3) is 0.182. The summed E-state index contributed by atoms with van der Waals surface area (Å²) in [6.45, 7) is 1.85. The molecule has 0 aliphatic carbocycles. The lowest BCUT2D eigenvalue weighted by Gasteiger charge is -2.07. The molecule has 0 radical (unpaired) electrons. The average Bonchev–Trinajstić information content (AvgIpc) is 3.05. The number of rotatable bonds is 8. The molecule has 0 unspecified atom stereocenters. The maximum atomic E-state index is 12.4. The first kappa shape index (κ1) is 23.2. The third-order valence-electron chi connectivity index (χ3n) is 4.37. The van der Waals surface area contributed by atoms with Crippen LogP contribution in [0.15, 0.2) is 58.4 Å². The van der Waals surface area contributed by atoms with Crippen LogP contribution in [0.25, 0.3) is 0 Å². The van der Waals surface area contributed by atoms with Crippen molar-refractivity contribution in [3.05, 3.63) is 84.9 Å². The van der Waals surface area contributed by atoms with Crippen LogP contribution >= 0.6 is 22.9 Å². The average molecular weight is 474 g/mol. The number of esters is 1. The molecule has 8 nitrogen and oxygen atoms in total. The minimum absolute atomic E-state index is 0.170. The number of nitrogens with one attached hydrogen (secondary N) is 1. The zero-order chi connectivity index (χ0) is 23.1. The molecule has 1 N–H and O–H groups in total. The van der Waals surface area contributed by atoms with Gasteiger partial charge in [0.15, 0.2) is 6.61 Å². The van der Waals surface area contributed by atoms with Crippen molar-refractivity contribution in [3.8, 4) is 5.75 Å². The van der Waals surface area contributed by atoms with Crippen LogP contribution in [0.5, 0.6) is 5.75 Å². The second kappa shape index (κ2) is 10.7. The number of hydrogen-bond acceptors (Lipinski definition) is 7. The van der Waals surface area contributed by atoms with Gasteiger partial charge in [-0.05, 0) is 36.2 Å². The van der Waals surface area contributed by atoms with Crippen LogP contribution in [-0.4, -0.2) is 36.4 Å². The van der Waals surface area contributed by atoms with Gasteiger partial charge in [0, 0.05) is 0 Å². The number of benzene rings is 2. The highest BCUT2D eigenvalue weighted by Crippen LogP contribution is 2.19. The Balaban J connectivity index is 1.62. The van der Waals surface area contributed by atoms with E-state index >= 15 is 0 Å². The number of aryl methyl sites for hydroxylation is 1. The predicted molar refractivity (Wildman–Crippen MR) is 123 cm³/mol. The van der Waals surface area contributed by atoms with Gasteiger partial charge < -0.3 is 9.47 Å². The van der Waals surface area contributed by atoms with E-state index in [0.29, 0.717) is 21.8 Å². The molecule has 3 rings (SSSR count). The molecule has 32 heavy (non-hydrogen) atoms. The molecular weight excluding hydrogens is 454 g/mol. The van der Waals surface area contributed by atoms with Gasteiger partial charge in [0.25, 0.3) is 5.91 Å². The third kappa shape index (κ3) is 5.83. The lowest BCUT2D eigenvalue weighted by atomic mass is 10.1. The van der Waals surface area contributed by atoms with Crippen LogP contribution in [0.1, 0.15) is 26.4 Å². The summed E-state index contributed by atoms with van der Waals surface area (Å²) in [5.41, 5.74) is 4.34. The van der Waals surface area contributed by atoms with Crippen molar-refractivity contribution in [2.45, 2.75) is 13.5 Å². The molecular formula is C22H20ClN3O5S. The van der Waals surface area contributed by atoms with Gasteiger partial charge in [-0.3, -0.25) is 14.2 Å². The minimum Gasteiger partial charge on any atom is -0.483 e. The number of methoxy groups -OCH3 is 1. The Labute approximate surface area is 193 Å². The van der Waals surface area contributed by atoms with E-state index in [1.807, 2.05) is 25.1 Å². The summed E-state index contributed by atoms with van der Waals surface area (Å²) in [6.07, 6.45) is 1.31. The van der Waals surface area contributed by atoms with Crippen LogP contribution in [0.3, 0.4) is 0 Å². The molecule has 0 aliphatic rings. The fourth-order valence-electron chi connectivity index (χ4n) is 2.77. The van der Waals surface area contributed by atoms with Gasteiger partial charge in [-0.15, -0.1) is 0 Å². The third-order valence-corrected chi connectivity index (χ3v) is 5.80. The smallest absolute Gasteiger partial charge is 0.337 e. The number of carbonyl (C=O) groups is 2. The van der Waals surface area contributed by atoms with Crippen molar-refractivity contribution >= 4 is 41.0 Å². The lowest BCUT2D eigenvalue weighted by Crippen LogP contribution is -2.24. The number of nitrogens with zero attached hydrogens (tertiary/aromatic N) is 2. The highest BCUT2D eigenvalue weighted by atomic mass is 35.5. The monoisotopic (exact) mass is 473 g/mol. The summed E-state index contributed by atoms with van der Waals surface area (Å²) in [7, 11) is 1.30. The van der Waals surface area contributed by atoms with E-state index in [-0.39, 0.29) is 23.2 Å². The maximum absolute atomic E-state index is 12.4. The predicted octanol–water partition coefficient (Wildman–Crippen LogP) is 3.24. The van der Waals surface area contributed by atoms with Gasteiger partial charge in [0.2, 0.25) is 0 Å². The van der Waals surface area contributed by atoms with Crippen LogP contribution in [0.2, 0.25) is 5.15 Å². The van der Waals surface area contributed by atoms with Crippen molar-refractivity contribution in [2.75, 3.05) is 13.7 Å². The highest BCUT2D eigenvalue weighted by molar-refractivity contribution is 7.11. The highest BCUT2D eigenvalue weighted by Gasteiger charge is 2.13. The van der Waals surface area contributed by atoms with E-state index in [0.717, 1.165) is 16.9 Å². The molecule has 0 saturated carbocycles. The summed E-state index contributed by atoms with van der Waals surface area (Å²) in [4.78, 5) is 36.1. The molecule has 0 spiro atoms. The number of aromatic nitrogens is 1. The van der Waals surface area contributed by atoms with Gasteiger partial charge in [-0.25, -0.2) is 10.2 Å². The number of ether oxygens (including phenoxy) is 2. The first-order valence-electron chi connectivity index (χ1n) is 9.45. The van der Waals surface area contributed by atoms with Crippen molar-refractivity contribution in [2.24, 2.45) is 5.10 Å². The maximum Gasteiger partial charge on any atom is 0.337 e. The summed E-state index contributed by atoms with van der Waals surface area (Å²) >= 11 is 7.23. The van der Waals surface area contributed by atoms with Gasteiger partial charge in [0.05, 0.1) is 30.3 Å². The molecule has 0 bridgehead atoms. The van der Waals surface area contributed by atoms with Crippen molar-refractivity contribution in [1.82, 2.24) is 9.99 Å². The SMILES string of the molecule is COC(=O)c1cccc(Cn2c(Cl)c(/C=N\NC(=O)COc3ccccc3C)sc2=O)c1. The van der Waals surface area contributed by atoms with Crippen molar-refractivity contribution in [3.63, 3.8) is 0 Å². The molecule has 0 saturated heterocycles. The summed E-state index contributed by atoms with van der Waals surface area (Å²) in [5.74, 6) is -0.307. The summed E-state index contributed by atoms with van der Waals surface area (Å²) in [5, 5.41) is 4.03. The summed E-state index contributed by atoms with van der Waals surface area (Å²) in [6, 6.07) is 14.1. The number of para-hydroxylation sites is 1. The van der Waals surface area contributed by atoms with Crippen LogP contribution in [0.4, 0.5) is 0 Å². The topological polar surface area (TPSA) is 99.0 Å². The molecule has 0 atom stereocenters.